The monoisotopic (exact) mass is 370 g/mol. The SMILES string of the molecule is C(OCC1CO1)C1CO1.CCC(C1CCC(O)CC1)C1CCC(O)CC1. The molecule has 4 fully saturated rings. The fourth-order valence-electron chi connectivity index (χ4n) is 4.77. The second-order valence-corrected chi connectivity index (χ2v) is 8.66. The van der Waals surface area contributed by atoms with E-state index in [1.807, 2.05) is 0 Å². The van der Waals surface area contributed by atoms with E-state index in [1.54, 1.807) is 0 Å². The summed E-state index contributed by atoms with van der Waals surface area (Å²) >= 11 is 0. The van der Waals surface area contributed by atoms with E-state index in [2.05, 4.69) is 6.92 Å². The molecule has 152 valence electrons. The first kappa shape index (κ1) is 20.5. The quantitative estimate of drug-likeness (QED) is 0.674. The topological polar surface area (TPSA) is 74.8 Å². The van der Waals surface area contributed by atoms with Gasteiger partial charge in [-0.15, -0.1) is 0 Å². The molecule has 2 N–H and O–H groups in total. The normalized spacial score (nSPS) is 40.3. The van der Waals surface area contributed by atoms with Crippen molar-refractivity contribution in [3.63, 3.8) is 0 Å². The molecule has 26 heavy (non-hydrogen) atoms. The number of hydrogen-bond donors (Lipinski definition) is 2. The molecule has 2 heterocycles. The van der Waals surface area contributed by atoms with E-state index in [-0.39, 0.29) is 12.2 Å². The Morgan fingerprint density at radius 2 is 1.15 bits per heavy atom. The molecule has 2 aliphatic heterocycles. The van der Waals surface area contributed by atoms with Gasteiger partial charge in [-0.2, -0.15) is 0 Å². The molecular formula is C21H38O5. The van der Waals surface area contributed by atoms with Gasteiger partial charge in [-0.05, 0) is 69.1 Å². The molecule has 0 aromatic rings. The maximum Gasteiger partial charge on any atom is 0.104 e. The lowest BCUT2D eigenvalue weighted by Gasteiger charge is -2.39. The summed E-state index contributed by atoms with van der Waals surface area (Å²) in [6, 6.07) is 0. The summed E-state index contributed by atoms with van der Waals surface area (Å²) < 4.78 is 15.1. The Balaban J connectivity index is 0.000000181. The van der Waals surface area contributed by atoms with Crippen LogP contribution in [0.4, 0.5) is 0 Å². The van der Waals surface area contributed by atoms with Gasteiger partial charge in [-0.25, -0.2) is 0 Å². The van der Waals surface area contributed by atoms with E-state index >= 15 is 0 Å². The summed E-state index contributed by atoms with van der Waals surface area (Å²) in [5.41, 5.74) is 0. The third-order valence-electron chi connectivity index (χ3n) is 6.58. The second-order valence-electron chi connectivity index (χ2n) is 8.66. The minimum atomic E-state index is -0.0306. The number of aliphatic hydroxyl groups excluding tert-OH is 2. The van der Waals surface area contributed by atoms with Crippen LogP contribution in [0.25, 0.3) is 0 Å². The van der Waals surface area contributed by atoms with Crippen LogP contribution in [0.15, 0.2) is 0 Å². The average Bonchev–Trinajstić information content (AvgIpc) is 3.55. The maximum atomic E-state index is 9.59. The van der Waals surface area contributed by atoms with Gasteiger partial charge in [0, 0.05) is 0 Å². The highest BCUT2D eigenvalue weighted by atomic mass is 16.6. The molecule has 2 atom stereocenters. The van der Waals surface area contributed by atoms with Crippen molar-refractivity contribution >= 4 is 0 Å². The molecule has 4 aliphatic rings. The Morgan fingerprint density at radius 3 is 1.46 bits per heavy atom. The van der Waals surface area contributed by atoms with E-state index in [1.165, 1.54) is 32.1 Å². The van der Waals surface area contributed by atoms with Crippen LogP contribution in [0.5, 0.6) is 0 Å². The van der Waals surface area contributed by atoms with Gasteiger partial charge in [0.2, 0.25) is 0 Å². The Bertz CT molecular complexity index is 346. The molecule has 0 radical (unpaired) electrons. The van der Waals surface area contributed by atoms with Crippen molar-refractivity contribution in [3.05, 3.63) is 0 Å². The zero-order chi connectivity index (χ0) is 18.4. The van der Waals surface area contributed by atoms with Crippen LogP contribution in [0, 0.1) is 17.8 Å². The molecule has 5 heteroatoms. The lowest BCUT2D eigenvalue weighted by Crippen LogP contribution is -2.31. The molecule has 0 spiro atoms. The first-order valence-electron chi connectivity index (χ1n) is 10.8. The van der Waals surface area contributed by atoms with Gasteiger partial charge < -0.3 is 24.4 Å². The highest BCUT2D eigenvalue weighted by Crippen LogP contribution is 2.41. The minimum Gasteiger partial charge on any atom is -0.393 e. The summed E-state index contributed by atoms with van der Waals surface area (Å²) in [5, 5.41) is 19.2. The number of aliphatic hydroxyl groups is 2. The highest BCUT2D eigenvalue weighted by molar-refractivity contribution is 4.84. The summed E-state index contributed by atoms with van der Waals surface area (Å²) in [6.45, 7) is 5.58. The van der Waals surface area contributed by atoms with Crippen LogP contribution in [-0.2, 0) is 14.2 Å². The van der Waals surface area contributed by atoms with Crippen molar-refractivity contribution in [1.82, 2.24) is 0 Å². The van der Waals surface area contributed by atoms with Crippen molar-refractivity contribution in [2.75, 3.05) is 26.4 Å². The number of ether oxygens (including phenoxy) is 3. The summed E-state index contributed by atoms with van der Waals surface area (Å²) in [6.07, 6.45) is 10.9. The van der Waals surface area contributed by atoms with Gasteiger partial charge in [0.25, 0.3) is 0 Å². The largest absolute Gasteiger partial charge is 0.393 e. The van der Waals surface area contributed by atoms with Crippen molar-refractivity contribution in [2.24, 2.45) is 17.8 Å². The Morgan fingerprint density at radius 1 is 0.769 bits per heavy atom. The van der Waals surface area contributed by atoms with Gasteiger partial charge in [0.1, 0.15) is 12.2 Å². The Labute approximate surface area is 158 Å². The zero-order valence-electron chi connectivity index (χ0n) is 16.4. The van der Waals surface area contributed by atoms with Crippen molar-refractivity contribution < 1.29 is 24.4 Å². The van der Waals surface area contributed by atoms with Crippen LogP contribution in [0.1, 0.15) is 64.7 Å². The van der Waals surface area contributed by atoms with E-state index in [0.717, 1.165) is 69.9 Å². The van der Waals surface area contributed by atoms with Crippen molar-refractivity contribution in [3.8, 4) is 0 Å². The van der Waals surface area contributed by atoms with Gasteiger partial charge in [0.15, 0.2) is 0 Å². The van der Waals surface area contributed by atoms with Crippen LogP contribution in [0.2, 0.25) is 0 Å². The van der Waals surface area contributed by atoms with Gasteiger partial charge in [0.05, 0.1) is 38.6 Å². The molecule has 0 aromatic carbocycles. The van der Waals surface area contributed by atoms with Gasteiger partial charge in [-0.3, -0.25) is 0 Å². The predicted octanol–water partition coefficient (Wildman–Crippen LogP) is 2.92. The van der Waals surface area contributed by atoms with Crippen LogP contribution in [-0.4, -0.2) is 61.1 Å². The Hall–Kier alpha value is -0.200. The first-order chi connectivity index (χ1) is 12.7. The number of rotatable bonds is 7. The minimum absolute atomic E-state index is 0.0306. The predicted molar refractivity (Wildman–Crippen MR) is 100 cm³/mol. The van der Waals surface area contributed by atoms with E-state index in [9.17, 15) is 10.2 Å². The van der Waals surface area contributed by atoms with E-state index in [4.69, 9.17) is 14.2 Å². The van der Waals surface area contributed by atoms with Crippen LogP contribution < -0.4 is 0 Å². The van der Waals surface area contributed by atoms with E-state index in [0.29, 0.717) is 12.2 Å². The first-order valence-corrected chi connectivity index (χ1v) is 10.8. The Kier molecular flexibility index (Phi) is 8.19. The van der Waals surface area contributed by atoms with Crippen LogP contribution >= 0.6 is 0 Å². The molecule has 5 nitrogen and oxygen atoms in total. The third kappa shape index (κ3) is 7.08. The number of epoxide rings is 2. The van der Waals surface area contributed by atoms with E-state index < -0.39 is 0 Å². The van der Waals surface area contributed by atoms with Crippen LogP contribution in [0.3, 0.4) is 0 Å². The van der Waals surface area contributed by atoms with Gasteiger partial charge in [-0.1, -0.05) is 13.3 Å². The van der Waals surface area contributed by atoms with Crippen molar-refractivity contribution in [1.29, 1.82) is 0 Å². The second kappa shape index (κ2) is 10.4. The standard InChI is InChI=1S/C15H28O2.C6H10O3/c1-2-15(11-3-7-13(16)8-4-11)12-5-9-14(17)10-6-12;1(5-3-8-5)7-2-6-4-9-6/h11-17H,2-10H2,1H3;5-6H,1-4H2. The lowest BCUT2D eigenvalue weighted by molar-refractivity contribution is 0.0449. The molecular weight excluding hydrogens is 332 g/mol. The smallest absolute Gasteiger partial charge is 0.104 e. The zero-order valence-corrected chi connectivity index (χ0v) is 16.4. The molecule has 4 rings (SSSR count). The molecule has 0 bridgehead atoms. The number of hydrogen-bond acceptors (Lipinski definition) is 5. The summed E-state index contributed by atoms with van der Waals surface area (Å²) in [7, 11) is 0. The molecule has 2 unspecified atom stereocenters. The lowest BCUT2D eigenvalue weighted by atomic mass is 9.68. The summed E-state index contributed by atoms with van der Waals surface area (Å²) in [4.78, 5) is 0. The van der Waals surface area contributed by atoms with Crippen molar-refractivity contribution in [2.45, 2.75) is 89.1 Å². The molecule has 2 aliphatic carbocycles. The molecule has 2 saturated heterocycles. The highest BCUT2D eigenvalue weighted by Gasteiger charge is 2.33. The molecule has 2 saturated carbocycles. The average molecular weight is 371 g/mol. The maximum absolute atomic E-state index is 9.59. The summed E-state index contributed by atoms with van der Waals surface area (Å²) in [5.74, 6) is 2.52. The fraction of sp³-hybridized carbons (Fsp3) is 1.00. The third-order valence-corrected chi connectivity index (χ3v) is 6.58. The molecule has 0 aromatic heterocycles. The van der Waals surface area contributed by atoms with Gasteiger partial charge >= 0.3 is 0 Å². The molecule has 0 amide bonds. The fourth-order valence-corrected chi connectivity index (χ4v) is 4.77.